The maximum absolute atomic E-state index is 14.1. The number of phenolic OH excluding ortho intramolecular Hbond substituents is 2. The first-order valence-corrected chi connectivity index (χ1v) is 12.7. The van der Waals surface area contributed by atoms with E-state index in [4.69, 9.17) is 4.74 Å². The third-order valence-electron chi connectivity index (χ3n) is 5.61. The molecule has 2 rings (SSSR count). The van der Waals surface area contributed by atoms with Crippen LogP contribution in [0.2, 0.25) is 0 Å². The first kappa shape index (κ1) is 30.5. The van der Waals surface area contributed by atoms with E-state index >= 15 is 0 Å². The van der Waals surface area contributed by atoms with Crippen LogP contribution < -0.4 is 10.6 Å². The maximum atomic E-state index is 14.1. The number of para-hydroxylation sites is 1. The van der Waals surface area contributed by atoms with Gasteiger partial charge in [0.05, 0.1) is 0 Å². The van der Waals surface area contributed by atoms with Gasteiger partial charge in [-0.15, -0.1) is 0 Å². The number of rotatable bonds is 8. The van der Waals surface area contributed by atoms with Crippen LogP contribution in [0.3, 0.4) is 0 Å². The predicted molar refractivity (Wildman–Crippen MR) is 146 cm³/mol. The van der Waals surface area contributed by atoms with Gasteiger partial charge in [-0.3, -0.25) is 9.59 Å². The summed E-state index contributed by atoms with van der Waals surface area (Å²) in [7, 11) is 0. The molecule has 0 spiro atoms. The standard InChI is InChI=1S/C29H41N3O6/c1-9-32(23(25(35)31-28(3,4)5)21-12-10-11-18(2)24(21)34)26(36)22(30-27(37)38-29(6,7)8)17-19-13-15-20(33)16-14-19/h10-16,22-23,33-34H,9,17H2,1-8H3,(H,30,37)(H,31,35). The lowest BCUT2D eigenvalue weighted by Crippen LogP contribution is -2.55. The molecular weight excluding hydrogens is 486 g/mol. The van der Waals surface area contributed by atoms with Crippen LogP contribution in [0, 0.1) is 6.92 Å². The van der Waals surface area contributed by atoms with E-state index in [9.17, 15) is 24.6 Å². The maximum Gasteiger partial charge on any atom is 0.408 e. The third kappa shape index (κ3) is 8.68. The Morgan fingerprint density at radius 2 is 1.58 bits per heavy atom. The normalized spacial score (nSPS) is 13.3. The molecule has 9 heteroatoms. The van der Waals surface area contributed by atoms with E-state index in [1.54, 1.807) is 65.0 Å². The first-order chi connectivity index (χ1) is 17.5. The number of aromatic hydroxyl groups is 2. The molecule has 0 heterocycles. The molecule has 0 radical (unpaired) electrons. The molecule has 2 atom stereocenters. The van der Waals surface area contributed by atoms with E-state index in [0.717, 1.165) is 0 Å². The Labute approximate surface area is 225 Å². The van der Waals surface area contributed by atoms with Crippen LogP contribution in [-0.4, -0.2) is 56.7 Å². The van der Waals surface area contributed by atoms with Crippen LogP contribution in [0.25, 0.3) is 0 Å². The molecule has 38 heavy (non-hydrogen) atoms. The molecule has 4 N–H and O–H groups in total. The minimum atomic E-state index is -1.16. The zero-order valence-electron chi connectivity index (χ0n) is 23.6. The van der Waals surface area contributed by atoms with Crippen molar-refractivity contribution in [3.8, 4) is 11.5 Å². The van der Waals surface area contributed by atoms with Gasteiger partial charge in [0.15, 0.2) is 0 Å². The number of amides is 3. The van der Waals surface area contributed by atoms with Crippen molar-refractivity contribution in [2.75, 3.05) is 6.54 Å². The molecule has 208 valence electrons. The van der Waals surface area contributed by atoms with Crippen molar-refractivity contribution in [3.05, 3.63) is 59.2 Å². The van der Waals surface area contributed by atoms with Gasteiger partial charge in [-0.2, -0.15) is 0 Å². The number of carbonyl (C=O) groups excluding carboxylic acids is 3. The highest BCUT2D eigenvalue weighted by atomic mass is 16.6. The summed E-state index contributed by atoms with van der Waals surface area (Å²) < 4.78 is 5.40. The predicted octanol–water partition coefficient (Wildman–Crippen LogP) is 4.35. The smallest absolute Gasteiger partial charge is 0.408 e. The summed E-state index contributed by atoms with van der Waals surface area (Å²) in [6.07, 6.45) is -0.692. The lowest BCUT2D eigenvalue weighted by Gasteiger charge is -2.35. The summed E-state index contributed by atoms with van der Waals surface area (Å²) in [6, 6.07) is 9.08. The van der Waals surface area contributed by atoms with Crippen LogP contribution in [0.4, 0.5) is 4.79 Å². The number of hydrogen-bond acceptors (Lipinski definition) is 6. The molecule has 0 aliphatic carbocycles. The molecule has 9 nitrogen and oxygen atoms in total. The number of hydrogen-bond donors (Lipinski definition) is 4. The number of ether oxygens (including phenoxy) is 1. The summed E-state index contributed by atoms with van der Waals surface area (Å²) in [5.74, 6) is -1.00. The van der Waals surface area contributed by atoms with E-state index in [1.165, 1.54) is 17.0 Å². The molecular formula is C29H41N3O6. The number of likely N-dealkylation sites (N-methyl/N-ethyl adjacent to an activating group) is 1. The number of benzene rings is 2. The first-order valence-electron chi connectivity index (χ1n) is 12.7. The van der Waals surface area contributed by atoms with Gasteiger partial charge in [0.25, 0.3) is 0 Å². The van der Waals surface area contributed by atoms with Crippen molar-refractivity contribution in [3.63, 3.8) is 0 Å². The summed E-state index contributed by atoms with van der Waals surface area (Å²) in [5.41, 5.74) is 0.137. The number of nitrogens with one attached hydrogen (secondary N) is 2. The highest BCUT2D eigenvalue weighted by Crippen LogP contribution is 2.32. The monoisotopic (exact) mass is 527 g/mol. The fourth-order valence-electron chi connectivity index (χ4n) is 3.97. The van der Waals surface area contributed by atoms with Gasteiger partial charge in [-0.1, -0.05) is 30.3 Å². The van der Waals surface area contributed by atoms with E-state index in [-0.39, 0.29) is 30.0 Å². The summed E-state index contributed by atoms with van der Waals surface area (Å²) in [4.78, 5) is 41.7. The van der Waals surface area contributed by atoms with Gasteiger partial charge in [0.1, 0.15) is 29.2 Å². The number of aryl methyl sites for hydroxylation is 1. The fourth-order valence-corrected chi connectivity index (χ4v) is 3.97. The fraction of sp³-hybridized carbons (Fsp3) is 0.483. The number of phenols is 2. The topological polar surface area (TPSA) is 128 Å². The second-order valence-corrected chi connectivity index (χ2v) is 11.3. The Morgan fingerprint density at radius 1 is 0.974 bits per heavy atom. The van der Waals surface area contributed by atoms with Crippen LogP contribution in [-0.2, 0) is 20.7 Å². The average molecular weight is 528 g/mol. The Balaban J connectivity index is 2.55. The van der Waals surface area contributed by atoms with Crippen molar-refractivity contribution >= 4 is 17.9 Å². The Hall–Kier alpha value is -3.75. The minimum Gasteiger partial charge on any atom is -0.508 e. The van der Waals surface area contributed by atoms with Crippen molar-refractivity contribution in [2.45, 2.75) is 85.0 Å². The molecule has 0 aromatic heterocycles. The molecule has 0 saturated heterocycles. The molecule has 2 unspecified atom stereocenters. The zero-order valence-corrected chi connectivity index (χ0v) is 23.6. The Kier molecular flexibility index (Phi) is 9.78. The van der Waals surface area contributed by atoms with Crippen LogP contribution >= 0.6 is 0 Å². The zero-order chi connectivity index (χ0) is 28.8. The SMILES string of the molecule is CCN(C(=O)C(Cc1ccc(O)cc1)NC(=O)OC(C)(C)C)C(C(=O)NC(C)(C)C)c1cccc(C)c1O. The number of carbonyl (C=O) groups is 3. The van der Waals surface area contributed by atoms with Crippen molar-refractivity contribution in [2.24, 2.45) is 0 Å². The molecule has 0 saturated carbocycles. The lowest BCUT2D eigenvalue weighted by molar-refractivity contribution is -0.142. The van der Waals surface area contributed by atoms with Gasteiger partial charge in [0.2, 0.25) is 11.8 Å². The van der Waals surface area contributed by atoms with Gasteiger partial charge in [-0.05, 0) is 78.6 Å². The Bertz CT molecular complexity index is 1130. The molecule has 3 amide bonds. The van der Waals surface area contributed by atoms with E-state index < -0.39 is 41.1 Å². The summed E-state index contributed by atoms with van der Waals surface area (Å²) in [6.45, 7) is 14.2. The summed E-state index contributed by atoms with van der Waals surface area (Å²) in [5, 5.41) is 26.1. The second-order valence-electron chi connectivity index (χ2n) is 11.3. The minimum absolute atomic E-state index is 0.0701. The average Bonchev–Trinajstić information content (AvgIpc) is 2.77. The second kappa shape index (κ2) is 12.2. The third-order valence-corrected chi connectivity index (χ3v) is 5.61. The van der Waals surface area contributed by atoms with E-state index in [2.05, 4.69) is 10.6 Å². The molecule has 0 fully saturated rings. The molecule has 0 bridgehead atoms. The number of nitrogens with zero attached hydrogens (tertiary/aromatic N) is 1. The highest BCUT2D eigenvalue weighted by Gasteiger charge is 2.38. The quantitative estimate of drug-likeness (QED) is 0.404. The van der Waals surface area contributed by atoms with E-state index in [1.807, 2.05) is 20.8 Å². The van der Waals surface area contributed by atoms with Crippen molar-refractivity contribution in [1.82, 2.24) is 15.5 Å². The van der Waals surface area contributed by atoms with Gasteiger partial charge < -0.3 is 30.5 Å². The van der Waals surface area contributed by atoms with Crippen LogP contribution in [0.15, 0.2) is 42.5 Å². The molecule has 0 aliphatic rings. The van der Waals surface area contributed by atoms with Crippen LogP contribution in [0.1, 0.15) is 71.2 Å². The highest BCUT2D eigenvalue weighted by molar-refractivity contribution is 5.93. The van der Waals surface area contributed by atoms with Crippen molar-refractivity contribution < 1.29 is 29.3 Å². The van der Waals surface area contributed by atoms with E-state index in [0.29, 0.717) is 11.1 Å². The van der Waals surface area contributed by atoms with Gasteiger partial charge in [0, 0.05) is 24.1 Å². The molecule has 2 aromatic rings. The van der Waals surface area contributed by atoms with Crippen molar-refractivity contribution in [1.29, 1.82) is 0 Å². The molecule has 0 aliphatic heterocycles. The van der Waals surface area contributed by atoms with Crippen LogP contribution in [0.5, 0.6) is 11.5 Å². The number of alkyl carbamates (subject to hydrolysis) is 1. The summed E-state index contributed by atoms with van der Waals surface area (Å²) >= 11 is 0. The molecule has 2 aromatic carbocycles. The van der Waals surface area contributed by atoms with Gasteiger partial charge >= 0.3 is 6.09 Å². The Morgan fingerprint density at radius 3 is 2.11 bits per heavy atom. The largest absolute Gasteiger partial charge is 0.508 e. The lowest BCUT2D eigenvalue weighted by atomic mass is 9.97. The van der Waals surface area contributed by atoms with Gasteiger partial charge in [-0.25, -0.2) is 4.79 Å².